The van der Waals surface area contributed by atoms with E-state index in [0.29, 0.717) is 19.6 Å². The van der Waals surface area contributed by atoms with Crippen molar-refractivity contribution >= 4 is 16.8 Å². The van der Waals surface area contributed by atoms with Crippen LogP contribution in [0.2, 0.25) is 0 Å². The van der Waals surface area contributed by atoms with Crippen molar-refractivity contribution in [1.82, 2.24) is 9.88 Å². The van der Waals surface area contributed by atoms with E-state index in [1.807, 2.05) is 37.4 Å². The highest BCUT2D eigenvalue weighted by atomic mass is 16.7. The number of amides is 1. The van der Waals surface area contributed by atoms with Crippen LogP contribution < -0.4 is 14.8 Å². The number of benzene rings is 2. The van der Waals surface area contributed by atoms with Crippen molar-refractivity contribution in [3.63, 3.8) is 0 Å². The van der Waals surface area contributed by atoms with E-state index in [9.17, 15) is 4.79 Å². The van der Waals surface area contributed by atoms with Gasteiger partial charge in [-0.2, -0.15) is 0 Å². The molecule has 1 aromatic heterocycles. The molecule has 2 aromatic carbocycles. The van der Waals surface area contributed by atoms with E-state index in [0.717, 1.165) is 33.5 Å². The predicted octanol–water partition coefficient (Wildman–Crippen LogP) is 3.19. The number of rotatable bonds is 7. The van der Waals surface area contributed by atoms with Gasteiger partial charge in [0.05, 0.1) is 6.61 Å². The van der Waals surface area contributed by atoms with E-state index in [1.54, 1.807) is 7.11 Å². The molecule has 1 aliphatic heterocycles. The Hall–Kier alpha value is -2.99. The lowest BCUT2D eigenvalue weighted by Crippen LogP contribution is -2.28. The molecule has 6 nitrogen and oxygen atoms in total. The van der Waals surface area contributed by atoms with Crippen LogP contribution in [0.5, 0.6) is 11.5 Å². The van der Waals surface area contributed by atoms with E-state index in [1.165, 1.54) is 0 Å². The minimum absolute atomic E-state index is 0.00680. The first-order valence-corrected chi connectivity index (χ1v) is 9.36. The Morgan fingerprint density at radius 3 is 2.89 bits per heavy atom. The van der Waals surface area contributed by atoms with Gasteiger partial charge >= 0.3 is 0 Å². The molecule has 0 radical (unpaired) electrons. The third kappa shape index (κ3) is 3.55. The quantitative estimate of drug-likeness (QED) is 0.640. The highest BCUT2D eigenvalue weighted by Gasteiger charge is 2.24. The van der Waals surface area contributed by atoms with Crippen LogP contribution >= 0.6 is 0 Å². The average Bonchev–Trinajstić information content (AvgIpc) is 3.31. The second kappa shape index (κ2) is 7.94. The van der Waals surface area contributed by atoms with Gasteiger partial charge in [-0.3, -0.25) is 4.79 Å². The summed E-state index contributed by atoms with van der Waals surface area (Å²) in [5.74, 6) is 1.36. The lowest BCUT2D eigenvalue weighted by molar-refractivity contribution is -0.121. The maximum Gasteiger partial charge on any atom is 0.231 e. The average molecular weight is 380 g/mol. The summed E-state index contributed by atoms with van der Waals surface area (Å²) in [6, 6.07) is 14.2. The Morgan fingerprint density at radius 1 is 1.21 bits per heavy atom. The zero-order valence-corrected chi connectivity index (χ0v) is 16.1. The van der Waals surface area contributed by atoms with Gasteiger partial charge in [-0.05, 0) is 29.3 Å². The Morgan fingerprint density at radius 2 is 2.04 bits per heavy atom. The molecule has 3 aromatic rings. The van der Waals surface area contributed by atoms with Crippen LogP contribution in [0.25, 0.3) is 10.9 Å². The van der Waals surface area contributed by atoms with Crippen LogP contribution in [0, 0.1) is 0 Å². The van der Waals surface area contributed by atoms with Crippen LogP contribution in [0.3, 0.4) is 0 Å². The van der Waals surface area contributed by atoms with Gasteiger partial charge in [0.1, 0.15) is 0 Å². The van der Waals surface area contributed by atoms with Crippen molar-refractivity contribution < 1.29 is 19.0 Å². The topological polar surface area (TPSA) is 61.7 Å². The molecule has 1 amide bonds. The van der Waals surface area contributed by atoms with E-state index in [2.05, 4.69) is 28.2 Å². The molecular formula is C22H24N2O4. The molecule has 146 valence electrons. The van der Waals surface area contributed by atoms with Crippen LogP contribution in [0.1, 0.15) is 23.5 Å². The number of aromatic nitrogens is 1. The van der Waals surface area contributed by atoms with Crippen LogP contribution in [0.15, 0.2) is 48.7 Å². The first-order valence-electron chi connectivity index (χ1n) is 9.36. The molecule has 1 N–H and O–H groups in total. The largest absolute Gasteiger partial charge is 0.454 e. The van der Waals surface area contributed by atoms with Crippen LogP contribution in [-0.2, 0) is 16.6 Å². The lowest BCUT2D eigenvalue weighted by atomic mass is 9.87. The Bertz CT molecular complexity index is 995. The summed E-state index contributed by atoms with van der Waals surface area (Å²) in [5.41, 5.74) is 3.30. The predicted molar refractivity (Wildman–Crippen MR) is 107 cm³/mol. The minimum atomic E-state index is -0.0943. The van der Waals surface area contributed by atoms with Crippen molar-refractivity contribution in [2.75, 3.05) is 27.1 Å². The third-order valence-electron chi connectivity index (χ3n) is 5.12. The lowest BCUT2D eigenvalue weighted by Gasteiger charge is -2.18. The number of carbonyl (C=O) groups excluding carboxylic acids is 1. The normalized spacial score (nSPS) is 13.6. The number of para-hydroxylation sites is 1. The van der Waals surface area contributed by atoms with E-state index in [4.69, 9.17) is 14.2 Å². The molecule has 6 heteroatoms. The van der Waals surface area contributed by atoms with Gasteiger partial charge in [0.15, 0.2) is 11.5 Å². The monoisotopic (exact) mass is 380 g/mol. The van der Waals surface area contributed by atoms with Gasteiger partial charge in [-0.15, -0.1) is 0 Å². The summed E-state index contributed by atoms with van der Waals surface area (Å²) < 4.78 is 18.1. The molecule has 0 bridgehead atoms. The number of fused-ring (bicyclic) bond motifs is 2. The van der Waals surface area contributed by atoms with E-state index < -0.39 is 0 Å². The molecule has 28 heavy (non-hydrogen) atoms. The number of hydrogen-bond donors (Lipinski definition) is 1. The van der Waals surface area contributed by atoms with Crippen LogP contribution in [-0.4, -0.2) is 37.5 Å². The number of aryl methyl sites for hydroxylation is 1. The summed E-state index contributed by atoms with van der Waals surface area (Å²) in [5, 5.41) is 4.08. The highest BCUT2D eigenvalue weighted by molar-refractivity contribution is 5.86. The van der Waals surface area contributed by atoms with Crippen molar-refractivity contribution in [3.05, 3.63) is 59.8 Å². The van der Waals surface area contributed by atoms with Crippen molar-refractivity contribution in [2.45, 2.75) is 12.3 Å². The first kappa shape index (κ1) is 18.4. The second-order valence-electron chi connectivity index (χ2n) is 6.92. The van der Waals surface area contributed by atoms with Crippen molar-refractivity contribution in [3.8, 4) is 11.5 Å². The number of carbonyl (C=O) groups is 1. The van der Waals surface area contributed by atoms with Gasteiger partial charge in [-0.25, -0.2) is 0 Å². The number of ether oxygens (including phenoxy) is 3. The Labute approximate surface area is 164 Å². The van der Waals surface area contributed by atoms with Crippen LogP contribution in [0.4, 0.5) is 0 Å². The third-order valence-corrected chi connectivity index (χ3v) is 5.12. The molecule has 0 saturated heterocycles. The number of methoxy groups -OCH3 is 1. The minimum Gasteiger partial charge on any atom is -0.454 e. The molecular weight excluding hydrogens is 356 g/mol. The van der Waals surface area contributed by atoms with Gasteiger partial charge in [-0.1, -0.05) is 24.3 Å². The van der Waals surface area contributed by atoms with Gasteiger partial charge in [0.25, 0.3) is 0 Å². The van der Waals surface area contributed by atoms with E-state index >= 15 is 0 Å². The molecule has 1 unspecified atom stereocenters. The summed E-state index contributed by atoms with van der Waals surface area (Å²) >= 11 is 0. The SMILES string of the molecule is COCCNC(=O)CC(c1ccc2c(c1)OCO2)c1cn(C)c2ccccc12. The summed E-state index contributed by atoms with van der Waals surface area (Å²) in [4.78, 5) is 12.6. The fourth-order valence-corrected chi connectivity index (χ4v) is 3.74. The standard InChI is InChI=1S/C22H24N2O4/c1-24-13-18(16-5-3-4-6-19(16)24)17(12-22(25)23-9-10-26-2)15-7-8-20-21(11-15)28-14-27-20/h3-8,11,13,17H,9-10,12,14H2,1-2H3,(H,23,25). The van der Waals surface area contributed by atoms with Gasteiger partial charge in [0, 0.05) is 50.1 Å². The van der Waals surface area contributed by atoms with E-state index in [-0.39, 0.29) is 18.6 Å². The summed E-state index contributed by atoms with van der Waals surface area (Å²) in [6.45, 7) is 1.22. The maximum atomic E-state index is 12.6. The molecule has 0 saturated carbocycles. The molecule has 2 heterocycles. The zero-order chi connectivity index (χ0) is 19.5. The summed E-state index contributed by atoms with van der Waals surface area (Å²) in [6.07, 6.45) is 2.46. The maximum absolute atomic E-state index is 12.6. The van der Waals surface area contributed by atoms with Crippen molar-refractivity contribution in [1.29, 1.82) is 0 Å². The fraction of sp³-hybridized carbons (Fsp3) is 0.318. The van der Waals surface area contributed by atoms with Crippen molar-refractivity contribution in [2.24, 2.45) is 7.05 Å². The number of hydrogen-bond acceptors (Lipinski definition) is 4. The summed E-state index contributed by atoms with van der Waals surface area (Å²) in [7, 11) is 3.65. The zero-order valence-electron chi connectivity index (χ0n) is 16.1. The fourth-order valence-electron chi connectivity index (χ4n) is 3.74. The second-order valence-corrected chi connectivity index (χ2v) is 6.92. The Kier molecular flexibility index (Phi) is 5.21. The number of nitrogens with one attached hydrogen (secondary N) is 1. The Balaban J connectivity index is 1.72. The molecule has 0 fully saturated rings. The first-order chi connectivity index (χ1) is 13.7. The molecule has 0 aliphatic carbocycles. The number of nitrogens with zero attached hydrogens (tertiary/aromatic N) is 1. The molecule has 0 spiro atoms. The molecule has 1 aliphatic rings. The molecule has 4 rings (SSSR count). The smallest absolute Gasteiger partial charge is 0.231 e. The highest BCUT2D eigenvalue weighted by Crippen LogP contribution is 2.39. The van der Waals surface area contributed by atoms with Gasteiger partial charge < -0.3 is 24.1 Å². The molecule has 1 atom stereocenters. The van der Waals surface area contributed by atoms with Gasteiger partial charge in [0.2, 0.25) is 12.7 Å².